The van der Waals surface area contributed by atoms with Crippen molar-refractivity contribution in [3.8, 4) is 34.0 Å². The zero-order valence-electron chi connectivity index (χ0n) is 15.4. The molecule has 0 unspecified atom stereocenters. The maximum absolute atomic E-state index is 11.4. The Bertz CT molecular complexity index is 1190. The predicted octanol–water partition coefficient (Wildman–Crippen LogP) is 2.51. The highest BCUT2D eigenvalue weighted by Crippen LogP contribution is 2.34. The molecule has 0 fully saturated rings. The molecule has 0 aliphatic carbocycles. The van der Waals surface area contributed by atoms with Gasteiger partial charge in [-0.2, -0.15) is 5.10 Å². The molecule has 0 aliphatic heterocycles. The van der Waals surface area contributed by atoms with E-state index in [-0.39, 0.29) is 5.56 Å². The van der Waals surface area contributed by atoms with Crippen LogP contribution in [0.25, 0.3) is 28.0 Å². The average molecular weight is 379 g/mol. The number of imidazole rings is 1. The second-order valence-corrected chi connectivity index (χ2v) is 6.10. The van der Waals surface area contributed by atoms with Crippen molar-refractivity contribution < 1.29 is 19.4 Å². The summed E-state index contributed by atoms with van der Waals surface area (Å²) in [4.78, 5) is 15.8. The normalized spacial score (nSPS) is 11.0. The number of aryl methyl sites for hydroxylation is 1. The summed E-state index contributed by atoms with van der Waals surface area (Å²) >= 11 is 0. The molecule has 3 aromatic heterocycles. The molecule has 0 aliphatic rings. The summed E-state index contributed by atoms with van der Waals surface area (Å²) in [6.45, 7) is 0. The lowest BCUT2D eigenvalue weighted by atomic mass is 10.1. The van der Waals surface area contributed by atoms with Gasteiger partial charge >= 0.3 is 5.97 Å². The van der Waals surface area contributed by atoms with Crippen LogP contribution in [-0.2, 0) is 7.05 Å². The average Bonchev–Trinajstić information content (AvgIpc) is 3.31. The van der Waals surface area contributed by atoms with Gasteiger partial charge in [0.05, 0.1) is 43.4 Å². The summed E-state index contributed by atoms with van der Waals surface area (Å²) in [5.41, 5.74) is 3.49. The van der Waals surface area contributed by atoms with E-state index < -0.39 is 5.97 Å². The van der Waals surface area contributed by atoms with Crippen LogP contribution in [0.5, 0.6) is 11.6 Å². The number of rotatable bonds is 5. The highest BCUT2D eigenvalue weighted by atomic mass is 16.5. The largest absolute Gasteiger partial charge is 0.496 e. The van der Waals surface area contributed by atoms with E-state index in [1.165, 1.54) is 26.4 Å². The topological polar surface area (TPSA) is 104 Å². The van der Waals surface area contributed by atoms with E-state index in [1.54, 1.807) is 27.7 Å². The molecule has 142 valence electrons. The van der Waals surface area contributed by atoms with Gasteiger partial charge in [-0.1, -0.05) is 0 Å². The number of carbonyl (C=O) groups is 1. The zero-order valence-corrected chi connectivity index (χ0v) is 15.4. The van der Waals surface area contributed by atoms with Crippen LogP contribution in [0.1, 0.15) is 10.4 Å². The van der Waals surface area contributed by atoms with E-state index in [1.807, 2.05) is 19.3 Å². The third kappa shape index (κ3) is 2.82. The fourth-order valence-corrected chi connectivity index (χ4v) is 3.04. The number of ether oxygens (including phenoxy) is 2. The Balaban J connectivity index is 1.93. The van der Waals surface area contributed by atoms with Crippen molar-refractivity contribution in [2.45, 2.75) is 0 Å². The van der Waals surface area contributed by atoms with E-state index in [4.69, 9.17) is 9.47 Å². The number of carboxylic acids is 1. The number of aromatic carboxylic acids is 1. The van der Waals surface area contributed by atoms with Gasteiger partial charge in [0.25, 0.3) is 0 Å². The maximum Gasteiger partial charge on any atom is 0.335 e. The van der Waals surface area contributed by atoms with Crippen LogP contribution in [0.3, 0.4) is 0 Å². The number of hydrogen-bond donors (Lipinski definition) is 1. The van der Waals surface area contributed by atoms with Gasteiger partial charge in [0, 0.05) is 24.4 Å². The van der Waals surface area contributed by atoms with Gasteiger partial charge in [-0.3, -0.25) is 4.68 Å². The molecule has 0 saturated heterocycles. The van der Waals surface area contributed by atoms with Crippen molar-refractivity contribution in [3.05, 3.63) is 48.4 Å². The van der Waals surface area contributed by atoms with Gasteiger partial charge in [-0.25, -0.2) is 14.3 Å². The Kier molecular flexibility index (Phi) is 4.19. The zero-order chi connectivity index (χ0) is 19.8. The van der Waals surface area contributed by atoms with Crippen LogP contribution in [0.15, 0.2) is 42.9 Å². The SMILES string of the molecule is COc1ccc(C(=O)O)cc1-c1cnc2cc(-c3cnn(C)c3)c(OC)nn12. The molecule has 9 nitrogen and oxygen atoms in total. The smallest absolute Gasteiger partial charge is 0.335 e. The number of methoxy groups -OCH3 is 2. The molecule has 0 bridgehead atoms. The van der Waals surface area contributed by atoms with E-state index >= 15 is 0 Å². The molecule has 0 radical (unpaired) electrons. The van der Waals surface area contributed by atoms with Crippen LogP contribution >= 0.6 is 0 Å². The lowest BCUT2D eigenvalue weighted by molar-refractivity contribution is 0.0697. The van der Waals surface area contributed by atoms with Crippen molar-refractivity contribution >= 4 is 11.6 Å². The van der Waals surface area contributed by atoms with Crippen LogP contribution in [0.2, 0.25) is 0 Å². The summed E-state index contributed by atoms with van der Waals surface area (Å²) in [5, 5.41) is 18.1. The van der Waals surface area contributed by atoms with E-state index in [9.17, 15) is 9.90 Å². The lowest BCUT2D eigenvalue weighted by Crippen LogP contribution is -2.02. The molecular weight excluding hydrogens is 362 g/mol. The number of aromatic nitrogens is 5. The van der Waals surface area contributed by atoms with Crippen LogP contribution in [0.4, 0.5) is 0 Å². The molecule has 1 aromatic carbocycles. The highest BCUT2D eigenvalue weighted by Gasteiger charge is 2.18. The summed E-state index contributed by atoms with van der Waals surface area (Å²) in [6.07, 6.45) is 5.21. The summed E-state index contributed by atoms with van der Waals surface area (Å²) in [6, 6.07) is 6.48. The molecule has 0 spiro atoms. The van der Waals surface area contributed by atoms with Gasteiger partial charge in [0.2, 0.25) is 5.88 Å². The first kappa shape index (κ1) is 17.5. The summed E-state index contributed by atoms with van der Waals surface area (Å²) in [5.74, 6) is -0.112. The van der Waals surface area contributed by atoms with Crippen molar-refractivity contribution in [2.75, 3.05) is 14.2 Å². The van der Waals surface area contributed by atoms with Crippen molar-refractivity contribution in [2.24, 2.45) is 7.05 Å². The van der Waals surface area contributed by atoms with E-state index in [2.05, 4.69) is 15.2 Å². The van der Waals surface area contributed by atoms with Crippen LogP contribution < -0.4 is 9.47 Å². The fourth-order valence-electron chi connectivity index (χ4n) is 3.04. The Morgan fingerprint density at radius 1 is 1.11 bits per heavy atom. The van der Waals surface area contributed by atoms with Crippen molar-refractivity contribution in [1.29, 1.82) is 0 Å². The van der Waals surface area contributed by atoms with Crippen LogP contribution in [0, 0.1) is 0 Å². The van der Waals surface area contributed by atoms with Crippen LogP contribution in [-0.4, -0.2) is 49.7 Å². The van der Waals surface area contributed by atoms with E-state index in [0.717, 1.165) is 11.1 Å². The minimum Gasteiger partial charge on any atom is -0.496 e. The Morgan fingerprint density at radius 2 is 1.93 bits per heavy atom. The van der Waals surface area contributed by atoms with Gasteiger partial charge in [-0.15, -0.1) is 5.10 Å². The first-order chi connectivity index (χ1) is 13.5. The number of benzene rings is 1. The Labute approximate surface area is 159 Å². The molecular formula is C19H17N5O4. The number of hydrogen-bond acceptors (Lipinski definition) is 6. The molecule has 9 heteroatoms. The third-order valence-electron chi connectivity index (χ3n) is 4.39. The van der Waals surface area contributed by atoms with Gasteiger partial charge < -0.3 is 14.6 Å². The molecule has 0 atom stereocenters. The van der Waals surface area contributed by atoms with Gasteiger partial charge in [-0.05, 0) is 24.3 Å². The first-order valence-corrected chi connectivity index (χ1v) is 8.35. The molecule has 4 aromatic rings. The number of fused-ring (bicyclic) bond motifs is 1. The van der Waals surface area contributed by atoms with Gasteiger partial charge in [0.15, 0.2) is 5.65 Å². The standard InChI is InChI=1S/C19H17N5O4/c1-23-10-12(8-21-23)13-7-17-20-9-15(24(17)22-18(13)28-3)14-6-11(19(25)26)4-5-16(14)27-2/h4-10H,1-3H3,(H,25,26). The van der Waals surface area contributed by atoms with Crippen molar-refractivity contribution in [3.63, 3.8) is 0 Å². The monoisotopic (exact) mass is 379 g/mol. The fraction of sp³-hybridized carbons (Fsp3) is 0.158. The Hall–Kier alpha value is -3.88. The molecule has 1 N–H and O–H groups in total. The second-order valence-electron chi connectivity index (χ2n) is 6.10. The molecule has 4 rings (SSSR count). The molecule has 28 heavy (non-hydrogen) atoms. The number of carboxylic acid groups (broad SMARTS) is 1. The van der Waals surface area contributed by atoms with Gasteiger partial charge in [0.1, 0.15) is 5.75 Å². The molecule has 0 amide bonds. The van der Waals surface area contributed by atoms with Crippen molar-refractivity contribution in [1.82, 2.24) is 24.4 Å². The highest BCUT2D eigenvalue weighted by molar-refractivity contribution is 5.90. The number of nitrogens with zero attached hydrogens (tertiary/aromatic N) is 5. The Morgan fingerprint density at radius 3 is 2.57 bits per heavy atom. The lowest BCUT2D eigenvalue weighted by Gasteiger charge is -2.11. The first-order valence-electron chi connectivity index (χ1n) is 8.35. The van der Waals surface area contributed by atoms with E-state index in [0.29, 0.717) is 28.5 Å². The quantitative estimate of drug-likeness (QED) is 0.568. The summed E-state index contributed by atoms with van der Waals surface area (Å²) < 4.78 is 14.2. The second kappa shape index (κ2) is 6.69. The maximum atomic E-state index is 11.4. The predicted molar refractivity (Wildman–Crippen MR) is 101 cm³/mol. The minimum atomic E-state index is -1.03. The minimum absolute atomic E-state index is 0.143. The summed E-state index contributed by atoms with van der Waals surface area (Å²) in [7, 11) is 4.89. The third-order valence-corrected chi connectivity index (χ3v) is 4.39. The molecule has 0 saturated carbocycles. The molecule has 3 heterocycles.